The highest BCUT2D eigenvalue weighted by molar-refractivity contribution is 7.80. The van der Waals surface area contributed by atoms with Gasteiger partial charge < -0.3 is 34.3 Å². The van der Waals surface area contributed by atoms with E-state index in [-0.39, 0.29) is 19.6 Å². The minimum atomic E-state index is -5.07. The molecule has 6 atom stereocenters. The van der Waals surface area contributed by atoms with Gasteiger partial charge in [-0.3, -0.25) is 9.35 Å². The summed E-state index contributed by atoms with van der Waals surface area (Å²) in [6, 6.07) is 0. The van der Waals surface area contributed by atoms with Crippen molar-refractivity contribution in [2.24, 2.45) is 0 Å². The van der Waals surface area contributed by atoms with Gasteiger partial charge >= 0.3 is 16.4 Å². The first-order valence-electron chi connectivity index (χ1n) is 26.3. The number of aliphatic hydroxyl groups is 3. The van der Waals surface area contributed by atoms with Gasteiger partial charge in [0.05, 0.1) is 19.8 Å². The Morgan fingerprint density at radius 2 is 1.01 bits per heavy atom. The average molecular weight is 979 g/mol. The van der Waals surface area contributed by atoms with Gasteiger partial charge in [-0.15, -0.1) is 0 Å². The molecule has 0 aromatic heterocycles. The van der Waals surface area contributed by atoms with Crippen LogP contribution in [-0.4, -0.2) is 97.5 Å². The summed E-state index contributed by atoms with van der Waals surface area (Å²) in [5.41, 5.74) is 0. The molecule has 1 heterocycles. The molecule has 0 bridgehead atoms. The van der Waals surface area contributed by atoms with Crippen molar-refractivity contribution in [1.82, 2.24) is 0 Å². The lowest BCUT2D eigenvalue weighted by Crippen LogP contribution is -2.60. The van der Waals surface area contributed by atoms with E-state index in [0.717, 1.165) is 89.9 Å². The highest BCUT2D eigenvalue weighted by Crippen LogP contribution is 2.26. The second kappa shape index (κ2) is 45.4. The Morgan fingerprint density at radius 3 is 1.49 bits per heavy atom. The van der Waals surface area contributed by atoms with E-state index >= 15 is 0 Å². The van der Waals surface area contributed by atoms with Crippen molar-refractivity contribution in [3.63, 3.8) is 0 Å². The predicted octanol–water partition coefficient (Wildman–Crippen LogP) is 12.4. The van der Waals surface area contributed by atoms with E-state index in [2.05, 4.69) is 103 Å². The van der Waals surface area contributed by atoms with Gasteiger partial charge in [-0.2, -0.15) is 8.42 Å². The van der Waals surface area contributed by atoms with Crippen molar-refractivity contribution in [1.29, 1.82) is 0 Å². The van der Waals surface area contributed by atoms with Crippen molar-refractivity contribution < 1.29 is 56.2 Å². The van der Waals surface area contributed by atoms with Crippen molar-refractivity contribution >= 4 is 16.4 Å². The third-order valence-electron chi connectivity index (χ3n) is 11.5. The second-order valence-corrected chi connectivity index (χ2v) is 18.8. The third kappa shape index (κ3) is 38.1. The molecule has 1 fully saturated rings. The predicted molar refractivity (Wildman–Crippen MR) is 275 cm³/mol. The number of carbonyl (C=O) groups is 1. The summed E-state index contributed by atoms with van der Waals surface area (Å²) in [6.45, 7) is 3.78. The van der Waals surface area contributed by atoms with E-state index in [0.29, 0.717) is 13.0 Å². The van der Waals surface area contributed by atoms with Crippen LogP contribution >= 0.6 is 0 Å². The van der Waals surface area contributed by atoms with Crippen LogP contribution < -0.4 is 0 Å². The number of hydrogen-bond donors (Lipinski definition) is 4. The van der Waals surface area contributed by atoms with Gasteiger partial charge in [-0.25, -0.2) is 4.18 Å². The molecule has 1 aliphatic rings. The van der Waals surface area contributed by atoms with E-state index in [1.165, 1.54) is 77.0 Å². The molecule has 12 nitrogen and oxygen atoms in total. The summed E-state index contributed by atoms with van der Waals surface area (Å²) in [7, 11) is -5.07. The smallest absolute Gasteiger partial charge is 0.397 e. The molecule has 0 aromatic rings. The van der Waals surface area contributed by atoms with Crippen LogP contribution in [0.25, 0.3) is 0 Å². The molecule has 13 heteroatoms. The van der Waals surface area contributed by atoms with Crippen molar-refractivity contribution in [3.8, 4) is 0 Å². The van der Waals surface area contributed by atoms with Gasteiger partial charge in [0.15, 0.2) is 6.29 Å². The van der Waals surface area contributed by atoms with Crippen LogP contribution in [0, 0.1) is 0 Å². The first-order valence-corrected chi connectivity index (χ1v) is 27.7. The van der Waals surface area contributed by atoms with Crippen molar-refractivity contribution in [3.05, 3.63) is 85.1 Å². The Hall–Kier alpha value is -2.72. The van der Waals surface area contributed by atoms with Crippen molar-refractivity contribution in [2.75, 3.05) is 26.4 Å². The molecular formula is C55H94O12S. The van der Waals surface area contributed by atoms with E-state index in [1.807, 2.05) is 0 Å². The zero-order chi connectivity index (χ0) is 49.6. The molecule has 68 heavy (non-hydrogen) atoms. The van der Waals surface area contributed by atoms with Crippen LogP contribution in [0.3, 0.4) is 0 Å². The highest BCUT2D eigenvalue weighted by Gasteiger charge is 2.48. The minimum absolute atomic E-state index is 0.00830. The molecule has 0 aliphatic carbocycles. The van der Waals surface area contributed by atoms with Gasteiger partial charge in [0, 0.05) is 13.0 Å². The Labute approximate surface area is 413 Å². The van der Waals surface area contributed by atoms with Gasteiger partial charge in [-0.1, -0.05) is 182 Å². The Balaban J connectivity index is 2.36. The zero-order valence-electron chi connectivity index (χ0n) is 42.1. The van der Waals surface area contributed by atoms with Crippen LogP contribution in [0.15, 0.2) is 85.1 Å². The standard InChI is InChI=1S/C55H94O12S/c1-3-5-7-9-11-13-15-17-19-21-22-23-24-25-26-27-28-29-30-32-34-36-38-40-42-44-51(57)65-49(48-64-55-53(59)54(67-68(60,61)62)52(58)50(46-56)66-55)47-63-45-43-41-39-37-35-33-31-20-18-16-14-12-10-8-6-4-2/h6,8,12,14-15,17-18,20-22,24-25,33,35,49-50,52-56,58-59H,3-5,7,9-11,13,16,19,23,26-32,34,36-48H2,1-2H3,(H,60,61,62)/b8-6-,14-12-,17-15-,20-18-,22-21-,25-24-,35-33-. The number of hydrogen-bond acceptors (Lipinski definition) is 11. The lowest BCUT2D eigenvalue weighted by atomic mass is 9.99. The SMILES string of the molecule is CC/C=C\C/C=C\C/C=C\C/C=C\CCCCCOCC(COC1OC(CO)C(O)C(OS(=O)(=O)O)C1O)OC(=O)CCCCCCCCCCCC/C=C\C/C=C\C/C=C\CCCCCCC. The number of rotatable bonds is 45. The Morgan fingerprint density at radius 1 is 0.574 bits per heavy atom. The number of allylic oxidation sites excluding steroid dienone is 14. The Kier molecular flexibility index (Phi) is 42.3. The van der Waals surface area contributed by atoms with Crippen LogP contribution in [0.1, 0.15) is 194 Å². The maximum absolute atomic E-state index is 12.9. The summed E-state index contributed by atoms with van der Waals surface area (Å²) in [5, 5.41) is 30.8. The zero-order valence-corrected chi connectivity index (χ0v) is 43.0. The summed E-state index contributed by atoms with van der Waals surface area (Å²) in [4.78, 5) is 12.9. The summed E-state index contributed by atoms with van der Waals surface area (Å²) < 4.78 is 59.2. The number of ether oxygens (including phenoxy) is 4. The first kappa shape index (κ1) is 63.3. The average Bonchev–Trinajstić information content (AvgIpc) is 3.31. The quantitative estimate of drug-likeness (QED) is 0.0197. The van der Waals surface area contributed by atoms with Crippen LogP contribution in [-0.2, 0) is 38.3 Å². The van der Waals surface area contributed by atoms with Gasteiger partial charge in [0.1, 0.15) is 30.5 Å². The largest absolute Gasteiger partial charge is 0.457 e. The lowest BCUT2D eigenvalue weighted by molar-refractivity contribution is -0.301. The van der Waals surface area contributed by atoms with Crippen LogP contribution in [0.4, 0.5) is 0 Å². The summed E-state index contributed by atoms with van der Waals surface area (Å²) in [6.07, 6.45) is 51.9. The maximum Gasteiger partial charge on any atom is 0.397 e. The van der Waals surface area contributed by atoms with E-state index in [1.54, 1.807) is 0 Å². The number of esters is 1. The third-order valence-corrected chi connectivity index (χ3v) is 12.0. The maximum atomic E-state index is 12.9. The lowest BCUT2D eigenvalue weighted by Gasteiger charge is -2.41. The fourth-order valence-electron chi connectivity index (χ4n) is 7.55. The normalized spacial score (nSPS) is 20.0. The molecule has 4 N–H and O–H groups in total. The van der Waals surface area contributed by atoms with Gasteiger partial charge in [0.25, 0.3) is 0 Å². The molecule has 0 spiro atoms. The van der Waals surface area contributed by atoms with E-state index in [4.69, 9.17) is 18.9 Å². The van der Waals surface area contributed by atoms with E-state index in [9.17, 15) is 33.1 Å². The molecule has 1 rings (SSSR count). The van der Waals surface area contributed by atoms with Crippen molar-refractivity contribution in [2.45, 2.75) is 230 Å². The molecule has 1 saturated heterocycles. The Bertz CT molecular complexity index is 1500. The number of unbranched alkanes of at least 4 members (excludes halogenated alkanes) is 18. The van der Waals surface area contributed by atoms with Gasteiger partial charge in [0.2, 0.25) is 0 Å². The second-order valence-electron chi connectivity index (χ2n) is 17.7. The molecular weight excluding hydrogens is 885 g/mol. The molecule has 1 aliphatic heterocycles. The molecule has 392 valence electrons. The van der Waals surface area contributed by atoms with Crippen LogP contribution in [0.5, 0.6) is 0 Å². The molecule has 0 aromatic carbocycles. The summed E-state index contributed by atoms with van der Waals surface area (Å²) in [5.74, 6) is -0.417. The summed E-state index contributed by atoms with van der Waals surface area (Å²) >= 11 is 0. The first-order chi connectivity index (χ1) is 33.1. The fraction of sp³-hybridized carbons (Fsp3) is 0.727. The monoisotopic (exact) mass is 979 g/mol. The molecule has 0 radical (unpaired) electrons. The van der Waals surface area contributed by atoms with Crippen LogP contribution in [0.2, 0.25) is 0 Å². The molecule has 6 unspecified atom stereocenters. The molecule has 0 saturated carbocycles. The number of aliphatic hydroxyl groups excluding tert-OH is 3. The highest BCUT2D eigenvalue weighted by atomic mass is 32.3. The topological polar surface area (TPSA) is 178 Å². The van der Waals surface area contributed by atoms with E-state index < -0.39 is 59.8 Å². The fourth-order valence-corrected chi connectivity index (χ4v) is 8.06. The number of carbonyl (C=O) groups excluding carboxylic acids is 1. The molecule has 0 amide bonds. The van der Waals surface area contributed by atoms with Gasteiger partial charge in [-0.05, 0) is 89.9 Å². The minimum Gasteiger partial charge on any atom is -0.457 e.